The Morgan fingerprint density at radius 2 is 1.83 bits per heavy atom. The van der Waals surface area contributed by atoms with E-state index in [0.29, 0.717) is 17.9 Å². The van der Waals surface area contributed by atoms with Crippen LogP contribution in [-0.2, 0) is 4.74 Å². The molecule has 1 aliphatic heterocycles. The van der Waals surface area contributed by atoms with Crippen LogP contribution in [-0.4, -0.2) is 36.5 Å². The molecule has 108 valence electrons. The van der Waals surface area contributed by atoms with Gasteiger partial charge in [-0.2, -0.15) is 0 Å². The molecule has 3 nitrogen and oxygen atoms in total. The summed E-state index contributed by atoms with van der Waals surface area (Å²) in [5.74, 6) is 1.18. The van der Waals surface area contributed by atoms with E-state index in [1.807, 2.05) is 0 Å². The van der Waals surface area contributed by atoms with Crippen LogP contribution in [0.1, 0.15) is 53.4 Å². The maximum Gasteiger partial charge on any atom is 0.0700 e. The van der Waals surface area contributed by atoms with Gasteiger partial charge in [-0.05, 0) is 37.5 Å². The second kappa shape index (κ2) is 7.46. The van der Waals surface area contributed by atoms with Gasteiger partial charge in [-0.1, -0.05) is 27.7 Å². The largest absolute Gasteiger partial charge is 0.394 e. The van der Waals surface area contributed by atoms with Crippen LogP contribution in [0.3, 0.4) is 0 Å². The first kappa shape index (κ1) is 15.9. The summed E-state index contributed by atoms with van der Waals surface area (Å²) in [4.78, 5) is 0. The van der Waals surface area contributed by atoms with Crippen molar-refractivity contribution in [3.63, 3.8) is 0 Å². The molecule has 1 atom stereocenters. The molecule has 1 fully saturated rings. The molecule has 0 aromatic rings. The maximum atomic E-state index is 9.84. The summed E-state index contributed by atoms with van der Waals surface area (Å²) in [6.07, 6.45) is 4.71. The van der Waals surface area contributed by atoms with Crippen molar-refractivity contribution in [2.24, 2.45) is 11.8 Å². The lowest BCUT2D eigenvalue weighted by Crippen LogP contribution is -2.52. The van der Waals surface area contributed by atoms with Crippen LogP contribution in [0.5, 0.6) is 0 Å². The van der Waals surface area contributed by atoms with Crippen molar-refractivity contribution in [2.45, 2.75) is 65.0 Å². The summed E-state index contributed by atoms with van der Waals surface area (Å²) >= 11 is 0. The van der Waals surface area contributed by atoms with Crippen molar-refractivity contribution in [3.05, 3.63) is 0 Å². The Morgan fingerprint density at radius 3 is 2.22 bits per heavy atom. The van der Waals surface area contributed by atoms with E-state index in [2.05, 4.69) is 33.0 Å². The molecule has 0 bridgehead atoms. The zero-order valence-corrected chi connectivity index (χ0v) is 12.5. The fourth-order valence-corrected chi connectivity index (χ4v) is 3.11. The predicted molar refractivity (Wildman–Crippen MR) is 75.7 cm³/mol. The van der Waals surface area contributed by atoms with Crippen molar-refractivity contribution >= 4 is 0 Å². The highest BCUT2D eigenvalue weighted by Crippen LogP contribution is 2.25. The van der Waals surface area contributed by atoms with Gasteiger partial charge in [0, 0.05) is 18.7 Å². The highest BCUT2D eigenvalue weighted by atomic mass is 16.5. The number of nitrogens with one attached hydrogen (secondary N) is 1. The van der Waals surface area contributed by atoms with Crippen molar-refractivity contribution in [1.29, 1.82) is 0 Å². The van der Waals surface area contributed by atoms with E-state index in [9.17, 15) is 5.11 Å². The summed E-state index contributed by atoms with van der Waals surface area (Å²) in [7, 11) is 0. The molecule has 1 saturated heterocycles. The Balaban J connectivity index is 2.55. The molecule has 0 saturated carbocycles. The molecule has 0 aromatic heterocycles. The molecule has 1 aliphatic rings. The molecule has 0 aromatic carbocycles. The van der Waals surface area contributed by atoms with E-state index in [1.54, 1.807) is 0 Å². The number of hydrogen-bond donors (Lipinski definition) is 2. The number of rotatable bonds is 8. The molecule has 18 heavy (non-hydrogen) atoms. The predicted octanol–water partition coefficient (Wildman–Crippen LogP) is 2.58. The van der Waals surface area contributed by atoms with E-state index in [0.717, 1.165) is 32.4 Å². The Kier molecular flexibility index (Phi) is 6.61. The van der Waals surface area contributed by atoms with Crippen LogP contribution in [0.15, 0.2) is 0 Å². The normalized spacial score (nSPS) is 21.2. The zero-order valence-electron chi connectivity index (χ0n) is 12.5. The van der Waals surface area contributed by atoms with E-state index < -0.39 is 0 Å². The average Bonchev–Trinajstić information content (AvgIpc) is 2.77. The van der Waals surface area contributed by atoms with Crippen LogP contribution in [0, 0.1) is 11.8 Å². The molecule has 1 unspecified atom stereocenters. The first-order chi connectivity index (χ1) is 8.47. The lowest BCUT2D eigenvalue weighted by Gasteiger charge is -2.37. The highest BCUT2D eigenvalue weighted by molar-refractivity contribution is 4.90. The van der Waals surface area contributed by atoms with E-state index in [1.165, 1.54) is 6.42 Å². The van der Waals surface area contributed by atoms with Crippen molar-refractivity contribution in [3.8, 4) is 0 Å². The Bertz CT molecular complexity index is 213. The summed E-state index contributed by atoms with van der Waals surface area (Å²) in [5.41, 5.74) is -0.131. The molecular formula is C15H31NO2. The number of ether oxygens (including phenoxy) is 1. The van der Waals surface area contributed by atoms with Gasteiger partial charge in [0.2, 0.25) is 0 Å². The van der Waals surface area contributed by atoms with Crippen LogP contribution < -0.4 is 5.32 Å². The van der Waals surface area contributed by atoms with Gasteiger partial charge in [0.1, 0.15) is 0 Å². The molecule has 1 rings (SSSR count). The Hall–Kier alpha value is -0.120. The van der Waals surface area contributed by atoms with Crippen LogP contribution >= 0.6 is 0 Å². The van der Waals surface area contributed by atoms with Crippen molar-refractivity contribution < 1.29 is 9.84 Å². The Morgan fingerprint density at radius 1 is 1.22 bits per heavy atom. The van der Waals surface area contributed by atoms with Gasteiger partial charge in [-0.15, -0.1) is 0 Å². The molecule has 0 radical (unpaired) electrons. The fraction of sp³-hybridized carbons (Fsp3) is 1.00. The maximum absolute atomic E-state index is 9.84. The summed E-state index contributed by atoms with van der Waals surface area (Å²) in [6.45, 7) is 10.9. The molecule has 2 N–H and O–H groups in total. The number of aliphatic hydroxyl groups is 1. The minimum Gasteiger partial charge on any atom is -0.394 e. The molecule has 0 amide bonds. The fourth-order valence-electron chi connectivity index (χ4n) is 3.11. The van der Waals surface area contributed by atoms with Gasteiger partial charge in [0.25, 0.3) is 0 Å². The quantitative estimate of drug-likeness (QED) is 0.702. The second-order valence-electron chi connectivity index (χ2n) is 6.65. The third-order valence-electron chi connectivity index (χ3n) is 3.63. The third kappa shape index (κ3) is 5.25. The Labute approximate surface area is 112 Å². The van der Waals surface area contributed by atoms with Crippen LogP contribution in [0.4, 0.5) is 0 Å². The molecular weight excluding hydrogens is 226 g/mol. The lowest BCUT2D eigenvalue weighted by molar-refractivity contribution is 0.0725. The average molecular weight is 257 g/mol. The molecule has 1 heterocycles. The van der Waals surface area contributed by atoms with Crippen molar-refractivity contribution in [2.75, 3.05) is 19.8 Å². The third-order valence-corrected chi connectivity index (χ3v) is 3.63. The minimum atomic E-state index is -0.131. The van der Waals surface area contributed by atoms with Gasteiger partial charge < -0.3 is 15.2 Å². The standard InChI is InChI=1S/C15H31NO2/c1-12(2)8-15(11-17,9-13(3)4)16-10-14-6-5-7-18-14/h12-14,16-17H,5-11H2,1-4H3. The summed E-state index contributed by atoms with van der Waals surface area (Å²) in [6, 6.07) is 0. The first-order valence-corrected chi connectivity index (χ1v) is 7.45. The summed E-state index contributed by atoms with van der Waals surface area (Å²) in [5, 5.41) is 13.5. The van der Waals surface area contributed by atoms with Gasteiger partial charge in [0.05, 0.1) is 12.7 Å². The zero-order chi connectivity index (χ0) is 13.6. The van der Waals surface area contributed by atoms with Crippen LogP contribution in [0.2, 0.25) is 0 Å². The van der Waals surface area contributed by atoms with Gasteiger partial charge >= 0.3 is 0 Å². The SMILES string of the molecule is CC(C)CC(CO)(CC(C)C)NCC1CCCO1. The smallest absolute Gasteiger partial charge is 0.0700 e. The van der Waals surface area contributed by atoms with E-state index in [4.69, 9.17) is 4.74 Å². The van der Waals surface area contributed by atoms with Gasteiger partial charge in [0.15, 0.2) is 0 Å². The van der Waals surface area contributed by atoms with Crippen molar-refractivity contribution in [1.82, 2.24) is 5.32 Å². The topological polar surface area (TPSA) is 41.5 Å². The molecule has 0 spiro atoms. The van der Waals surface area contributed by atoms with Crippen LogP contribution in [0.25, 0.3) is 0 Å². The molecule has 0 aliphatic carbocycles. The minimum absolute atomic E-state index is 0.131. The number of aliphatic hydroxyl groups excluding tert-OH is 1. The monoisotopic (exact) mass is 257 g/mol. The second-order valence-corrected chi connectivity index (χ2v) is 6.65. The van der Waals surface area contributed by atoms with Gasteiger partial charge in [-0.3, -0.25) is 0 Å². The summed E-state index contributed by atoms with van der Waals surface area (Å²) < 4.78 is 5.66. The van der Waals surface area contributed by atoms with E-state index in [-0.39, 0.29) is 12.1 Å². The lowest BCUT2D eigenvalue weighted by atomic mass is 9.82. The van der Waals surface area contributed by atoms with Gasteiger partial charge in [-0.25, -0.2) is 0 Å². The number of hydrogen-bond acceptors (Lipinski definition) is 3. The van der Waals surface area contributed by atoms with E-state index >= 15 is 0 Å². The first-order valence-electron chi connectivity index (χ1n) is 7.45. The molecule has 3 heteroatoms. The highest BCUT2D eigenvalue weighted by Gasteiger charge is 2.32.